The Balaban J connectivity index is 1.39. The minimum absolute atomic E-state index is 0.120. The molecule has 1 aliphatic heterocycles. The first-order valence-electron chi connectivity index (χ1n) is 11.7. The summed E-state index contributed by atoms with van der Waals surface area (Å²) in [5, 5.41) is 7.38. The van der Waals surface area contributed by atoms with Gasteiger partial charge in [0.2, 0.25) is 0 Å². The van der Waals surface area contributed by atoms with Crippen LogP contribution in [0.3, 0.4) is 0 Å². The molecular formula is C25H31N7O. The van der Waals surface area contributed by atoms with Crippen LogP contribution >= 0.6 is 0 Å². The standard InChI is InChI=1S/C25H31N7O/c1-16-9-18(10-19-14-31(2)8-7-21(16)19)22-13-27-23(26)24(30-22)32-15-20(12-29-32)25(33)28-11-17-5-3-4-6-17/h9-10,12-13,15,17H,3-8,11,14H2,1-2H3,(H2,26,27)(H,28,33). The number of fused-ring (bicyclic) bond motifs is 1. The second-order valence-electron chi connectivity index (χ2n) is 9.42. The van der Waals surface area contributed by atoms with E-state index in [2.05, 4.69) is 46.4 Å². The van der Waals surface area contributed by atoms with E-state index >= 15 is 0 Å². The molecule has 0 radical (unpaired) electrons. The molecule has 33 heavy (non-hydrogen) atoms. The lowest BCUT2D eigenvalue weighted by Crippen LogP contribution is -2.28. The third-order valence-electron chi connectivity index (χ3n) is 6.91. The number of amides is 1. The number of carbonyl (C=O) groups is 1. The van der Waals surface area contributed by atoms with Crippen molar-refractivity contribution in [1.82, 2.24) is 30.0 Å². The zero-order valence-electron chi connectivity index (χ0n) is 19.3. The summed E-state index contributed by atoms with van der Waals surface area (Å²) >= 11 is 0. The Bertz CT molecular complexity index is 1180. The lowest BCUT2D eigenvalue weighted by atomic mass is 9.92. The Morgan fingerprint density at radius 3 is 2.88 bits per heavy atom. The SMILES string of the molecule is Cc1cc(-c2cnc(N)c(-n3cc(C(=O)NCC4CCCC4)cn3)n2)cc2c1CCN(C)C2. The van der Waals surface area contributed by atoms with Crippen LogP contribution in [0.1, 0.15) is 52.7 Å². The minimum atomic E-state index is -0.120. The fraction of sp³-hybridized carbons (Fsp3) is 0.440. The van der Waals surface area contributed by atoms with E-state index in [0.717, 1.165) is 30.8 Å². The summed E-state index contributed by atoms with van der Waals surface area (Å²) in [7, 11) is 2.14. The second-order valence-corrected chi connectivity index (χ2v) is 9.42. The van der Waals surface area contributed by atoms with Gasteiger partial charge in [-0.3, -0.25) is 4.79 Å². The van der Waals surface area contributed by atoms with E-state index in [9.17, 15) is 4.79 Å². The maximum Gasteiger partial charge on any atom is 0.254 e. The Labute approximate surface area is 194 Å². The first kappa shape index (κ1) is 21.6. The highest BCUT2D eigenvalue weighted by Crippen LogP contribution is 2.29. The molecule has 1 aromatic carbocycles. The van der Waals surface area contributed by atoms with Gasteiger partial charge in [0.15, 0.2) is 11.6 Å². The van der Waals surface area contributed by atoms with Gasteiger partial charge >= 0.3 is 0 Å². The number of anilines is 1. The zero-order valence-corrected chi connectivity index (χ0v) is 19.3. The molecule has 2 aliphatic rings. The molecule has 3 N–H and O–H groups in total. The Morgan fingerprint density at radius 1 is 1.24 bits per heavy atom. The van der Waals surface area contributed by atoms with E-state index in [1.807, 2.05) is 0 Å². The number of nitrogens with two attached hydrogens (primary N) is 1. The number of likely N-dealkylation sites (N-methyl/N-ethyl adjacent to an activating group) is 1. The van der Waals surface area contributed by atoms with Crippen LogP contribution in [0.25, 0.3) is 17.1 Å². The Hall–Kier alpha value is -3.26. The van der Waals surface area contributed by atoms with Crippen LogP contribution in [-0.4, -0.2) is 50.7 Å². The molecule has 8 nitrogen and oxygen atoms in total. The first-order chi connectivity index (χ1) is 16.0. The molecule has 2 aromatic heterocycles. The van der Waals surface area contributed by atoms with Crippen molar-refractivity contribution >= 4 is 11.7 Å². The largest absolute Gasteiger partial charge is 0.381 e. The van der Waals surface area contributed by atoms with Crippen LogP contribution < -0.4 is 11.1 Å². The molecule has 1 aliphatic carbocycles. The van der Waals surface area contributed by atoms with Crippen molar-refractivity contribution in [3.8, 4) is 17.1 Å². The highest BCUT2D eigenvalue weighted by molar-refractivity contribution is 5.93. The van der Waals surface area contributed by atoms with Crippen LogP contribution in [0.15, 0.2) is 30.7 Å². The summed E-state index contributed by atoms with van der Waals surface area (Å²) in [6, 6.07) is 4.37. The summed E-state index contributed by atoms with van der Waals surface area (Å²) in [6.45, 7) is 4.88. The maximum atomic E-state index is 12.6. The molecule has 172 valence electrons. The lowest BCUT2D eigenvalue weighted by Gasteiger charge is -2.27. The van der Waals surface area contributed by atoms with Crippen molar-refractivity contribution in [2.75, 3.05) is 25.9 Å². The van der Waals surface area contributed by atoms with E-state index in [1.54, 1.807) is 18.6 Å². The quantitative estimate of drug-likeness (QED) is 0.626. The van der Waals surface area contributed by atoms with Gasteiger partial charge in [0.05, 0.1) is 23.7 Å². The van der Waals surface area contributed by atoms with E-state index in [1.165, 1.54) is 47.1 Å². The summed E-state index contributed by atoms with van der Waals surface area (Å²) < 4.78 is 1.54. The Kier molecular flexibility index (Phi) is 5.85. The number of hydrogen-bond acceptors (Lipinski definition) is 6. The van der Waals surface area contributed by atoms with E-state index in [0.29, 0.717) is 23.8 Å². The topological polar surface area (TPSA) is 102 Å². The predicted molar refractivity (Wildman–Crippen MR) is 128 cm³/mol. The van der Waals surface area contributed by atoms with Crippen molar-refractivity contribution in [3.63, 3.8) is 0 Å². The average Bonchev–Trinajstić information content (AvgIpc) is 3.50. The molecule has 0 spiro atoms. The van der Waals surface area contributed by atoms with Crippen molar-refractivity contribution < 1.29 is 4.79 Å². The normalized spacial score (nSPS) is 16.7. The van der Waals surface area contributed by atoms with Crippen molar-refractivity contribution in [3.05, 3.63) is 53.0 Å². The third-order valence-corrected chi connectivity index (χ3v) is 6.91. The molecule has 0 saturated heterocycles. The van der Waals surface area contributed by atoms with Crippen LogP contribution in [0.4, 0.5) is 5.82 Å². The van der Waals surface area contributed by atoms with Gasteiger partial charge in [0, 0.05) is 31.4 Å². The number of benzene rings is 1. The monoisotopic (exact) mass is 445 g/mol. The number of hydrogen-bond donors (Lipinski definition) is 2. The number of rotatable bonds is 5. The molecule has 0 unspecified atom stereocenters. The smallest absolute Gasteiger partial charge is 0.254 e. The van der Waals surface area contributed by atoms with Gasteiger partial charge in [-0.15, -0.1) is 0 Å². The molecule has 1 fully saturated rings. The molecule has 0 bridgehead atoms. The molecule has 3 heterocycles. The summed E-state index contributed by atoms with van der Waals surface area (Å²) in [4.78, 5) is 24.1. The summed E-state index contributed by atoms with van der Waals surface area (Å²) in [6.07, 6.45) is 10.9. The highest BCUT2D eigenvalue weighted by Gasteiger charge is 2.19. The van der Waals surface area contributed by atoms with Crippen LogP contribution in [0.2, 0.25) is 0 Å². The molecule has 1 amide bonds. The number of aromatic nitrogens is 4. The molecule has 5 rings (SSSR count). The molecule has 3 aromatic rings. The van der Waals surface area contributed by atoms with Gasteiger partial charge in [-0.25, -0.2) is 14.6 Å². The molecule has 0 atom stereocenters. The average molecular weight is 446 g/mol. The number of carbonyl (C=O) groups excluding carboxylic acids is 1. The van der Waals surface area contributed by atoms with Crippen LogP contribution in [0.5, 0.6) is 0 Å². The maximum absolute atomic E-state index is 12.6. The Morgan fingerprint density at radius 2 is 2.06 bits per heavy atom. The number of nitrogen functional groups attached to an aromatic ring is 1. The summed E-state index contributed by atoms with van der Waals surface area (Å²) in [5.74, 6) is 1.16. The van der Waals surface area contributed by atoms with E-state index in [-0.39, 0.29) is 11.7 Å². The molecular weight excluding hydrogens is 414 g/mol. The zero-order chi connectivity index (χ0) is 22.9. The van der Waals surface area contributed by atoms with Gasteiger partial charge in [0.25, 0.3) is 5.91 Å². The van der Waals surface area contributed by atoms with Crippen molar-refractivity contribution in [2.45, 2.75) is 45.6 Å². The predicted octanol–water partition coefficient (Wildman–Crippen LogP) is 3.13. The summed E-state index contributed by atoms with van der Waals surface area (Å²) in [5.41, 5.74) is 12.4. The molecule has 1 saturated carbocycles. The van der Waals surface area contributed by atoms with Crippen molar-refractivity contribution in [2.24, 2.45) is 5.92 Å². The minimum Gasteiger partial charge on any atom is -0.381 e. The number of nitrogens with zero attached hydrogens (tertiary/aromatic N) is 5. The van der Waals surface area contributed by atoms with E-state index in [4.69, 9.17) is 10.7 Å². The van der Waals surface area contributed by atoms with Crippen LogP contribution in [0, 0.1) is 12.8 Å². The lowest BCUT2D eigenvalue weighted by molar-refractivity contribution is 0.0947. The first-order valence-corrected chi connectivity index (χ1v) is 11.7. The van der Waals surface area contributed by atoms with Crippen molar-refractivity contribution in [1.29, 1.82) is 0 Å². The van der Waals surface area contributed by atoms with Crippen LogP contribution in [-0.2, 0) is 13.0 Å². The van der Waals surface area contributed by atoms with Gasteiger partial charge in [0.1, 0.15) is 0 Å². The fourth-order valence-corrected chi connectivity index (χ4v) is 5.02. The molecule has 8 heteroatoms. The van der Waals surface area contributed by atoms with Gasteiger partial charge in [-0.2, -0.15) is 5.10 Å². The highest BCUT2D eigenvalue weighted by atomic mass is 16.1. The van der Waals surface area contributed by atoms with E-state index < -0.39 is 0 Å². The third kappa shape index (κ3) is 4.48. The number of aryl methyl sites for hydroxylation is 1. The van der Waals surface area contributed by atoms with Gasteiger partial charge in [-0.05, 0) is 68.0 Å². The fourth-order valence-electron chi connectivity index (χ4n) is 5.02. The van der Waals surface area contributed by atoms with Gasteiger partial charge < -0.3 is 16.0 Å². The second kappa shape index (κ2) is 8.94. The number of nitrogens with one attached hydrogen (secondary N) is 1. The van der Waals surface area contributed by atoms with Gasteiger partial charge in [-0.1, -0.05) is 12.8 Å².